The quantitative estimate of drug-likeness (QED) is 0.439. The number of rotatable bonds is 0. The van der Waals surface area contributed by atoms with Crippen molar-refractivity contribution in [3.63, 3.8) is 0 Å². The van der Waals surface area contributed by atoms with E-state index in [4.69, 9.17) is 0 Å². The molecule has 0 aromatic rings. The van der Waals surface area contributed by atoms with Gasteiger partial charge in [0.25, 0.3) is 0 Å². The van der Waals surface area contributed by atoms with Crippen LogP contribution in [0.25, 0.3) is 0 Å². The second-order valence-corrected chi connectivity index (χ2v) is 1.63. The van der Waals surface area contributed by atoms with Crippen molar-refractivity contribution in [1.82, 2.24) is 0 Å². The summed E-state index contributed by atoms with van der Waals surface area (Å²) in [5, 5.41) is 0. The van der Waals surface area contributed by atoms with Crippen molar-refractivity contribution in [3.05, 3.63) is 24.3 Å². The van der Waals surface area contributed by atoms with Crippen LogP contribution in [-0.2, 0) is 4.79 Å². The van der Waals surface area contributed by atoms with Gasteiger partial charge in [0.2, 0.25) is 0 Å². The molecule has 0 aliphatic heterocycles. The first kappa shape index (κ1) is 4.31. The van der Waals surface area contributed by atoms with Crippen LogP contribution in [0.15, 0.2) is 24.3 Å². The van der Waals surface area contributed by atoms with Gasteiger partial charge in [-0.1, -0.05) is 12.7 Å². The third-order valence-corrected chi connectivity index (χ3v) is 0.906. The molecule has 0 aromatic carbocycles. The number of allylic oxidation sites excluding steroid dienone is 3. The van der Waals surface area contributed by atoms with E-state index in [1.165, 1.54) is 0 Å². The molecule has 0 N–H and O–H groups in total. The molecule has 1 aliphatic rings. The van der Waals surface area contributed by atoms with Gasteiger partial charge >= 0.3 is 0 Å². The van der Waals surface area contributed by atoms with Crippen LogP contribution >= 0.6 is 0 Å². The molecule has 0 aromatic heterocycles. The summed E-state index contributed by atoms with van der Waals surface area (Å²) in [5.41, 5.74) is 0.921. The third-order valence-electron chi connectivity index (χ3n) is 0.906. The Bertz CT molecular complexity index is 126. The molecule has 0 unspecified atom stereocenters. The third kappa shape index (κ3) is 0.769. The molecule has 0 amide bonds. The fourth-order valence-corrected chi connectivity index (χ4v) is 0.552. The number of hydrogen-bond acceptors (Lipinski definition) is 1. The molecular weight excluding hydrogens is 88.1 g/mol. The van der Waals surface area contributed by atoms with E-state index in [0.717, 1.165) is 5.57 Å². The number of carbonyl (C=O) groups is 1. The molecule has 0 fully saturated rings. The summed E-state index contributed by atoms with van der Waals surface area (Å²) < 4.78 is 0. The number of hydrogen-bond donors (Lipinski definition) is 0. The molecule has 1 rings (SSSR count). The first-order valence-electron chi connectivity index (χ1n) is 2.18. The topological polar surface area (TPSA) is 17.1 Å². The zero-order chi connectivity index (χ0) is 5.28. The molecule has 0 radical (unpaired) electrons. The summed E-state index contributed by atoms with van der Waals surface area (Å²) in [6, 6.07) is 0. The average molecular weight is 94.1 g/mol. The maximum absolute atomic E-state index is 10.3. The van der Waals surface area contributed by atoms with Crippen molar-refractivity contribution in [1.29, 1.82) is 0 Å². The van der Waals surface area contributed by atoms with Gasteiger partial charge in [-0.05, 0) is 11.6 Å². The van der Waals surface area contributed by atoms with Gasteiger partial charge in [0.05, 0.1) is 0 Å². The largest absolute Gasteiger partial charge is 0.294 e. The molecule has 0 saturated heterocycles. The van der Waals surface area contributed by atoms with E-state index in [-0.39, 0.29) is 5.78 Å². The van der Waals surface area contributed by atoms with Crippen LogP contribution < -0.4 is 0 Å². The average Bonchev–Trinajstić information content (AvgIpc) is 1.87. The van der Waals surface area contributed by atoms with Crippen molar-refractivity contribution in [2.45, 2.75) is 6.42 Å². The molecule has 0 spiro atoms. The Morgan fingerprint density at radius 3 is 2.43 bits per heavy atom. The summed E-state index contributed by atoms with van der Waals surface area (Å²) >= 11 is 0. The SMILES string of the molecule is C=C1C=CC(=O)C1. The van der Waals surface area contributed by atoms with E-state index >= 15 is 0 Å². The highest BCUT2D eigenvalue weighted by Crippen LogP contribution is 2.08. The highest BCUT2D eigenvalue weighted by atomic mass is 16.1. The van der Waals surface area contributed by atoms with Gasteiger partial charge in [-0.3, -0.25) is 4.79 Å². The summed E-state index contributed by atoms with van der Waals surface area (Å²) in [6.07, 6.45) is 3.84. The van der Waals surface area contributed by atoms with E-state index in [1.807, 2.05) is 0 Å². The summed E-state index contributed by atoms with van der Waals surface area (Å²) in [5.74, 6) is 0.171. The van der Waals surface area contributed by atoms with E-state index in [2.05, 4.69) is 6.58 Å². The predicted molar refractivity (Wildman–Crippen MR) is 27.9 cm³/mol. The van der Waals surface area contributed by atoms with Gasteiger partial charge in [-0.2, -0.15) is 0 Å². The van der Waals surface area contributed by atoms with Crippen LogP contribution in [0.5, 0.6) is 0 Å². The Balaban J connectivity index is 2.76. The van der Waals surface area contributed by atoms with Crippen molar-refractivity contribution in [2.24, 2.45) is 0 Å². The van der Waals surface area contributed by atoms with Gasteiger partial charge in [-0.15, -0.1) is 0 Å². The Kier molecular flexibility index (Phi) is 0.823. The molecule has 1 nitrogen and oxygen atoms in total. The van der Waals surface area contributed by atoms with E-state index in [0.29, 0.717) is 6.42 Å². The zero-order valence-electron chi connectivity index (χ0n) is 3.98. The van der Waals surface area contributed by atoms with Crippen molar-refractivity contribution < 1.29 is 4.79 Å². The van der Waals surface area contributed by atoms with Crippen LogP contribution in [0.4, 0.5) is 0 Å². The van der Waals surface area contributed by atoms with E-state index in [1.54, 1.807) is 12.2 Å². The van der Waals surface area contributed by atoms with Crippen LogP contribution in [-0.4, -0.2) is 5.78 Å². The van der Waals surface area contributed by atoms with Crippen LogP contribution in [0.3, 0.4) is 0 Å². The smallest absolute Gasteiger partial charge is 0.160 e. The Morgan fingerprint density at radius 2 is 2.29 bits per heavy atom. The van der Waals surface area contributed by atoms with Gasteiger partial charge in [0, 0.05) is 6.42 Å². The summed E-state index contributed by atoms with van der Waals surface area (Å²) in [4.78, 5) is 10.3. The van der Waals surface area contributed by atoms with Crippen molar-refractivity contribution >= 4 is 5.78 Å². The Morgan fingerprint density at radius 1 is 1.57 bits per heavy atom. The Labute approximate surface area is 42.3 Å². The standard InChI is InChI=1S/C6H6O/c1-5-2-3-6(7)4-5/h2-3H,1,4H2. The molecule has 1 heteroatoms. The molecule has 0 bridgehead atoms. The highest BCUT2D eigenvalue weighted by Gasteiger charge is 2.03. The minimum Gasteiger partial charge on any atom is -0.294 e. The van der Waals surface area contributed by atoms with Crippen LogP contribution in [0, 0.1) is 0 Å². The maximum atomic E-state index is 10.3. The van der Waals surface area contributed by atoms with E-state index in [9.17, 15) is 4.79 Å². The number of ketones is 1. The lowest BCUT2D eigenvalue weighted by Gasteiger charge is -1.78. The van der Waals surface area contributed by atoms with E-state index < -0.39 is 0 Å². The molecular formula is C6H6O. The molecule has 0 saturated carbocycles. The van der Waals surface area contributed by atoms with Crippen LogP contribution in [0.1, 0.15) is 6.42 Å². The summed E-state index contributed by atoms with van der Waals surface area (Å²) in [7, 11) is 0. The van der Waals surface area contributed by atoms with Crippen LogP contribution in [0.2, 0.25) is 0 Å². The molecule has 1 aliphatic carbocycles. The molecule has 7 heavy (non-hydrogen) atoms. The minimum atomic E-state index is 0.171. The minimum absolute atomic E-state index is 0.171. The van der Waals surface area contributed by atoms with Gasteiger partial charge < -0.3 is 0 Å². The summed E-state index contributed by atoms with van der Waals surface area (Å²) in [6.45, 7) is 3.60. The lowest BCUT2D eigenvalue weighted by atomic mass is 10.3. The molecule has 36 valence electrons. The second-order valence-electron chi connectivity index (χ2n) is 1.63. The first-order chi connectivity index (χ1) is 3.29. The maximum Gasteiger partial charge on any atom is 0.160 e. The van der Waals surface area contributed by atoms with Crippen molar-refractivity contribution in [2.75, 3.05) is 0 Å². The van der Waals surface area contributed by atoms with Crippen molar-refractivity contribution in [3.8, 4) is 0 Å². The zero-order valence-corrected chi connectivity index (χ0v) is 3.98. The molecule has 0 atom stereocenters. The Hall–Kier alpha value is -0.850. The second kappa shape index (κ2) is 1.34. The number of carbonyl (C=O) groups excluding carboxylic acids is 1. The molecule has 0 heterocycles. The predicted octanol–water partition coefficient (Wildman–Crippen LogP) is 1.07. The highest BCUT2D eigenvalue weighted by molar-refractivity contribution is 5.95. The van der Waals surface area contributed by atoms with Gasteiger partial charge in [0.1, 0.15) is 0 Å². The fourth-order valence-electron chi connectivity index (χ4n) is 0.552. The fraction of sp³-hybridized carbons (Fsp3) is 0.167. The van der Waals surface area contributed by atoms with Gasteiger partial charge in [0.15, 0.2) is 5.78 Å². The normalized spacial score (nSPS) is 18.9. The monoisotopic (exact) mass is 94.0 g/mol. The van der Waals surface area contributed by atoms with Gasteiger partial charge in [-0.25, -0.2) is 0 Å². The lowest BCUT2D eigenvalue weighted by molar-refractivity contribution is -0.113. The lowest BCUT2D eigenvalue weighted by Crippen LogP contribution is -1.82. The first-order valence-corrected chi connectivity index (χ1v) is 2.18.